The summed E-state index contributed by atoms with van der Waals surface area (Å²) in [6.45, 7) is 11.2. The highest BCUT2D eigenvalue weighted by atomic mass is 16.5. The van der Waals surface area contributed by atoms with Gasteiger partial charge in [0.05, 0.1) is 5.60 Å². The number of carbonyl (C=O) groups is 1. The molecule has 0 bridgehead atoms. The van der Waals surface area contributed by atoms with E-state index in [-0.39, 0.29) is 11.5 Å². The first-order valence-electron chi connectivity index (χ1n) is 6.57. The van der Waals surface area contributed by atoms with Crippen LogP contribution in [0.25, 0.3) is 0 Å². The van der Waals surface area contributed by atoms with Gasteiger partial charge in [0.1, 0.15) is 0 Å². The third-order valence-corrected chi connectivity index (χ3v) is 3.29. The molecule has 0 aliphatic carbocycles. The SMILES string of the molecule is CCOC(C)(C)CNC1CCN(C(C)=O)CC1. The lowest BCUT2D eigenvalue weighted by Crippen LogP contribution is -2.48. The van der Waals surface area contributed by atoms with Crippen molar-refractivity contribution in [1.29, 1.82) is 0 Å². The largest absolute Gasteiger partial charge is 0.375 e. The van der Waals surface area contributed by atoms with Crippen molar-refractivity contribution in [1.82, 2.24) is 10.2 Å². The summed E-state index contributed by atoms with van der Waals surface area (Å²) in [6, 6.07) is 0.519. The molecule has 0 spiro atoms. The van der Waals surface area contributed by atoms with Crippen LogP contribution in [0.3, 0.4) is 0 Å². The van der Waals surface area contributed by atoms with Crippen LogP contribution < -0.4 is 5.32 Å². The minimum absolute atomic E-state index is 0.105. The standard InChI is InChI=1S/C13H26N2O2/c1-5-17-13(3,4)10-14-12-6-8-15(9-7-12)11(2)16/h12,14H,5-10H2,1-4H3. The predicted molar refractivity (Wildman–Crippen MR) is 69.0 cm³/mol. The van der Waals surface area contributed by atoms with Gasteiger partial charge in [-0.3, -0.25) is 4.79 Å². The van der Waals surface area contributed by atoms with Crippen LogP contribution in [0.4, 0.5) is 0 Å². The second-order valence-electron chi connectivity index (χ2n) is 5.35. The third-order valence-electron chi connectivity index (χ3n) is 3.29. The topological polar surface area (TPSA) is 41.6 Å². The molecule has 0 unspecified atom stereocenters. The zero-order valence-corrected chi connectivity index (χ0v) is 11.6. The highest BCUT2D eigenvalue weighted by molar-refractivity contribution is 5.73. The molecule has 4 nitrogen and oxygen atoms in total. The van der Waals surface area contributed by atoms with E-state index >= 15 is 0 Å². The Bertz CT molecular complexity index is 246. The van der Waals surface area contributed by atoms with Gasteiger partial charge in [0.15, 0.2) is 0 Å². The van der Waals surface area contributed by atoms with Crippen LogP contribution in [0.5, 0.6) is 0 Å². The maximum Gasteiger partial charge on any atom is 0.219 e. The number of ether oxygens (including phenoxy) is 1. The van der Waals surface area contributed by atoms with E-state index in [0.717, 1.165) is 39.1 Å². The van der Waals surface area contributed by atoms with Crippen LogP contribution in [-0.2, 0) is 9.53 Å². The van der Waals surface area contributed by atoms with Crippen molar-refractivity contribution in [3.8, 4) is 0 Å². The van der Waals surface area contributed by atoms with E-state index in [9.17, 15) is 4.79 Å². The highest BCUT2D eigenvalue weighted by Gasteiger charge is 2.23. The van der Waals surface area contributed by atoms with Crippen molar-refractivity contribution in [2.24, 2.45) is 0 Å². The number of nitrogens with zero attached hydrogens (tertiary/aromatic N) is 1. The Morgan fingerprint density at radius 3 is 2.47 bits per heavy atom. The average molecular weight is 242 g/mol. The lowest BCUT2D eigenvalue weighted by atomic mass is 10.0. The van der Waals surface area contributed by atoms with E-state index in [4.69, 9.17) is 4.74 Å². The number of hydrogen-bond acceptors (Lipinski definition) is 3. The van der Waals surface area contributed by atoms with Crippen molar-refractivity contribution in [2.75, 3.05) is 26.2 Å². The Balaban J connectivity index is 2.24. The average Bonchev–Trinajstić information content (AvgIpc) is 2.27. The Morgan fingerprint density at radius 1 is 1.41 bits per heavy atom. The van der Waals surface area contributed by atoms with Gasteiger partial charge in [-0.25, -0.2) is 0 Å². The highest BCUT2D eigenvalue weighted by Crippen LogP contribution is 2.13. The first-order chi connectivity index (χ1) is 7.94. The van der Waals surface area contributed by atoms with Gasteiger partial charge in [-0.2, -0.15) is 0 Å². The van der Waals surface area contributed by atoms with E-state index in [1.54, 1.807) is 6.92 Å². The van der Waals surface area contributed by atoms with E-state index in [1.165, 1.54) is 0 Å². The van der Waals surface area contributed by atoms with Gasteiger partial charge in [0.2, 0.25) is 5.91 Å². The number of hydrogen-bond donors (Lipinski definition) is 1. The van der Waals surface area contributed by atoms with Crippen LogP contribution in [0.1, 0.15) is 40.5 Å². The number of nitrogens with one attached hydrogen (secondary N) is 1. The lowest BCUT2D eigenvalue weighted by Gasteiger charge is -2.34. The molecule has 1 rings (SSSR count). The van der Waals surface area contributed by atoms with E-state index in [2.05, 4.69) is 19.2 Å². The summed E-state index contributed by atoms with van der Waals surface area (Å²) < 4.78 is 5.65. The molecule has 1 amide bonds. The van der Waals surface area contributed by atoms with Gasteiger partial charge >= 0.3 is 0 Å². The number of rotatable bonds is 5. The van der Waals surface area contributed by atoms with E-state index < -0.39 is 0 Å². The Morgan fingerprint density at radius 2 is 2.00 bits per heavy atom. The molecule has 4 heteroatoms. The molecule has 0 saturated carbocycles. The predicted octanol–water partition coefficient (Wildman–Crippen LogP) is 1.40. The van der Waals surface area contributed by atoms with Gasteiger partial charge < -0.3 is 15.0 Å². The van der Waals surface area contributed by atoms with Crippen molar-refractivity contribution in [3.63, 3.8) is 0 Å². The summed E-state index contributed by atoms with van der Waals surface area (Å²) in [4.78, 5) is 13.1. The Labute approximate surface area is 105 Å². The first-order valence-corrected chi connectivity index (χ1v) is 6.57. The summed E-state index contributed by atoms with van der Waals surface area (Å²) in [5.74, 6) is 0.193. The second kappa shape index (κ2) is 6.36. The first kappa shape index (κ1) is 14.5. The van der Waals surface area contributed by atoms with Gasteiger partial charge in [-0.15, -0.1) is 0 Å². The molecule has 17 heavy (non-hydrogen) atoms. The van der Waals surface area contributed by atoms with Crippen molar-refractivity contribution in [2.45, 2.75) is 52.2 Å². The molecule has 0 radical (unpaired) electrons. The molecule has 100 valence electrons. The molecule has 1 N–H and O–H groups in total. The summed E-state index contributed by atoms with van der Waals surface area (Å²) >= 11 is 0. The van der Waals surface area contributed by atoms with Crippen molar-refractivity contribution in [3.05, 3.63) is 0 Å². The summed E-state index contributed by atoms with van der Waals surface area (Å²) in [5.41, 5.74) is -0.105. The molecule has 0 aromatic rings. The maximum absolute atomic E-state index is 11.2. The minimum Gasteiger partial charge on any atom is -0.375 e. The van der Waals surface area contributed by atoms with Crippen LogP contribution >= 0.6 is 0 Å². The van der Waals surface area contributed by atoms with Gasteiger partial charge in [-0.1, -0.05) is 0 Å². The fraction of sp³-hybridized carbons (Fsp3) is 0.923. The molecule has 0 aromatic heterocycles. The second-order valence-corrected chi connectivity index (χ2v) is 5.35. The minimum atomic E-state index is -0.105. The van der Waals surface area contributed by atoms with Crippen LogP contribution in [0.2, 0.25) is 0 Å². The van der Waals surface area contributed by atoms with Gasteiger partial charge in [-0.05, 0) is 33.6 Å². The van der Waals surface area contributed by atoms with Crippen molar-refractivity contribution < 1.29 is 9.53 Å². The van der Waals surface area contributed by atoms with Gasteiger partial charge in [0, 0.05) is 39.2 Å². The van der Waals surface area contributed by atoms with E-state index in [1.807, 2.05) is 11.8 Å². The fourth-order valence-electron chi connectivity index (χ4n) is 2.23. The zero-order valence-electron chi connectivity index (χ0n) is 11.6. The lowest BCUT2D eigenvalue weighted by molar-refractivity contribution is -0.130. The Kier molecular flexibility index (Phi) is 5.40. The summed E-state index contributed by atoms with van der Waals surface area (Å²) in [5, 5.41) is 3.54. The number of amides is 1. The molecular weight excluding hydrogens is 216 g/mol. The Hall–Kier alpha value is -0.610. The molecule has 0 atom stereocenters. The summed E-state index contributed by atoms with van der Waals surface area (Å²) in [7, 11) is 0. The molecule has 1 aliphatic rings. The monoisotopic (exact) mass is 242 g/mol. The molecule has 0 aromatic carbocycles. The smallest absolute Gasteiger partial charge is 0.219 e. The van der Waals surface area contributed by atoms with Crippen LogP contribution in [-0.4, -0.2) is 48.7 Å². The third kappa shape index (κ3) is 5.04. The fourth-order valence-corrected chi connectivity index (χ4v) is 2.23. The van der Waals surface area contributed by atoms with Gasteiger partial charge in [0.25, 0.3) is 0 Å². The van der Waals surface area contributed by atoms with E-state index in [0.29, 0.717) is 6.04 Å². The normalized spacial score (nSPS) is 18.5. The zero-order chi connectivity index (χ0) is 12.9. The number of carbonyl (C=O) groups excluding carboxylic acids is 1. The number of likely N-dealkylation sites (tertiary alicyclic amines) is 1. The number of piperidine rings is 1. The summed E-state index contributed by atoms with van der Waals surface area (Å²) in [6.07, 6.45) is 2.09. The molecule has 1 aliphatic heterocycles. The van der Waals surface area contributed by atoms with Crippen LogP contribution in [0.15, 0.2) is 0 Å². The maximum atomic E-state index is 11.2. The molecule has 1 fully saturated rings. The van der Waals surface area contributed by atoms with Crippen LogP contribution in [0, 0.1) is 0 Å². The molecule has 1 heterocycles. The quantitative estimate of drug-likeness (QED) is 0.792. The molecule has 1 saturated heterocycles. The van der Waals surface area contributed by atoms with Crippen molar-refractivity contribution >= 4 is 5.91 Å². The molecular formula is C13H26N2O2.